The van der Waals surface area contributed by atoms with E-state index in [1.807, 2.05) is 0 Å². The van der Waals surface area contributed by atoms with Crippen molar-refractivity contribution in [3.05, 3.63) is 80.9 Å². The highest BCUT2D eigenvalue weighted by atomic mass is 32.2. The lowest BCUT2D eigenvalue weighted by Crippen LogP contribution is -2.41. The van der Waals surface area contributed by atoms with E-state index < -0.39 is 41.4 Å². The Kier molecular flexibility index (Phi) is 9.07. The second kappa shape index (κ2) is 12.5. The number of primary amides is 1. The molecule has 1 aliphatic rings. The molecule has 4 rings (SSSR count). The van der Waals surface area contributed by atoms with Crippen molar-refractivity contribution < 1.29 is 33.1 Å². The van der Waals surface area contributed by atoms with E-state index in [2.05, 4.69) is 5.32 Å². The first-order valence-corrected chi connectivity index (χ1v) is 13.8. The number of hydrogen-bond acceptors (Lipinski definition) is 7. The summed E-state index contributed by atoms with van der Waals surface area (Å²) in [5.74, 6) is -4.52. The van der Waals surface area contributed by atoms with Gasteiger partial charge in [-0.15, -0.1) is 11.3 Å². The van der Waals surface area contributed by atoms with E-state index in [9.17, 15) is 28.0 Å². The Balaban J connectivity index is 1.50. The molecule has 0 saturated carbocycles. The highest BCUT2D eigenvalue weighted by Gasteiger charge is 2.38. The number of carboxylic acid groups (broad SMARTS) is 1. The van der Waals surface area contributed by atoms with Gasteiger partial charge in [0.05, 0.1) is 10.5 Å². The molecule has 0 radical (unpaired) electrons. The molecule has 0 spiro atoms. The van der Waals surface area contributed by atoms with Gasteiger partial charge in [0.15, 0.2) is 11.6 Å². The summed E-state index contributed by atoms with van der Waals surface area (Å²) < 4.78 is 27.2. The van der Waals surface area contributed by atoms with Crippen LogP contribution in [0.4, 0.5) is 14.5 Å². The van der Waals surface area contributed by atoms with E-state index in [1.165, 1.54) is 46.6 Å². The SMILES string of the molecule is NC(=O)CC[C@@H](CC(=O)Nc1ccc(C(=O)O)cc1)N1C(=O)C(=Cc2cc(-c3ccc(F)c(F)c3)cs2)SC1=S. The number of anilines is 1. The van der Waals surface area contributed by atoms with Crippen LogP contribution in [0.25, 0.3) is 17.2 Å². The first-order chi connectivity index (χ1) is 19.0. The molecule has 1 aromatic heterocycles. The number of halogens is 2. The number of thiophene rings is 1. The molecular weight excluding hydrogens is 581 g/mol. The number of aromatic carboxylic acids is 1. The number of carbonyl (C=O) groups is 4. The van der Waals surface area contributed by atoms with Gasteiger partial charge in [-0.1, -0.05) is 30.0 Å². The molecule has 40 heavy (non-hydrogen) atoms. The highest BCUT2D eigenvalue weighted by molar-refractivity contribution is 8.26. The van der Waals surface area contributed by atoms with Crippen molar-refractivity contribution in [1.82, 2.24) is 4.90 Å². The number of carbonyl (C=O) groups excluding carboxylic acids is 3. The Labute approximate surface area is 240 Å². The number of amides is 3. The van der Waals surface area contributed by atoms with Gasteiger partial charge in [0.1, 0.15) is 4.32 Å². The summed E-state index contributed by atoms with van der Waals surface area (Å²) in [5.41, 5.74) is 6.87. The highest BCUT2D eigenvalue weighted by Crippen LogP contribution is 2.37. The number of nitrogens with two attached hydrogens (primary N) is 1. The normalized spacial score (nSPS) is 14.9. The second-order valence-corrected chi connectivity index (χ2v) is 11.3. The molecule has 2 heterocycles. The molecule has 2 aromatic carbocycles. The molecule has 8 nitrogen and oxygen atoms in total. The van der Waals surface area contributed by atoms with Gasteiger partial charge in [-0.25, -0.2) is 13.6 Å². The summed E-state index contributed by atoms with van der Waals surface area (Å²) in [6.45, 7) is 0. The quantitative estimate of drug-likeness (QED) is 0.214. The van der Waals surface area contributed by atoms with Crippen LogP contribution in [0.1, 0.15) is 34.5 Å². The van der Waals surface area contributed by atoms with Crippen LogP contribution in [-0.4, -0.2) is 44.1 Å². The van der Waals surface area contributed by atoms with E-state index in [-0.39, 0.29) is 29.1 Å². The van der Waals surface area contributed by atoms with E-state index in [0.717, 1.165) is 23.9 Å². The minimum absolute atomic E-state index is 0.0596. The summed E-state index contributed by atoms with van der Waals surface area (Å²) in [5, 5.41) is 13.4. The van der Waals surface area contributed by atoms with E-state index >= 15 is 0 Å². The number of benzene rings is 2. The van der Waals surface area contributed by atoms with E-state index in [1.54, 1.807) is 17.5 Å². The number of nitrogens with zero attached hydrogens (tertiary/aromatic N) is 1. The average molecular weight is 602 g/mol. The number of thioether (sulfide) groups is 1. The van der Waals surface area contributed by atoms with Crippen LogP contribution < -0.4 is 11.1 Å². The molecule has 0 unspecified atom stereocenters. The molecular formula is C27H21F2N3O5S3. The van der Waals surface area contributed by atoms with Crippen molar-refractivity contribution in [1.29, 1.82) is 0 Å². The molecule has 0 aliphatic carbocycles. The fourth-order valence-electron chi connectivity index (χ4n) is 3.93. The summed E-state index contributed by atoms with van der Waals surface area (Å²) in [4.78, 5) is 51.0. The van der Waals surface area contributed by atoms with Crippen LogP contribution in [-0.2, 0) is 14.4 Å². The van der Waals surface area contributed by atoms with Crippen LogP contribution in [0.15, 0.2) is 58.8 Å². The van der Waals surface area contributed by atoms with Crippen molar-refractivity contribution in [2.24, 2.45) is 5.73 Å². The maximum Gasteiger partial charge on any atom is 0.335 e. The fourth-order valence-corrected chi connectivity index (χ4v) is 6.25. The Morgan fingerprint density at radius 1 is 1.07 bits per heavy atom. The van der Waals surface area contributed by atoms with Gasteiger partial charge in [-0.2, -0.15) is 0 Å². The summed E-state index contributed by atoms with van der Waals surface area (Å²) in [6.07, 6.45) is 1.46. The Bertz CT molecular complexity index is 1540. The lowest BCUT2D eigenvalue weighted by Gasteiger charge is -2.26. The van der Waals surface area contributed by atoms with Crippen LogP contribution in [0.3, 0.4) is 0 Å². The number of nitrogens with one attached hydrogen (secondary N) is 1. The molecule has 0 bridgehead atoms. The van der Waals surface area contributed by atoms with Gasteiger partial charge < -0.3 is 16.2 Å². The van der Waals surface area contributed by atoms with E-state index in [4.69, 9.17) is 23.1 Å². The van der Waals surface area contributed by atoms with Crippen LogP contribution >= 0.6 is 35.3 Å². The average Bonchev–Trinajstić information content (AvgIpc) is 3.47. The number of hydrogen-bond donors (Lipinski definition) is 3. The zero-order valence-electron chi connectivity index (χ0n) is 20.6. The van der Waals surface area contributed by atoms with Gasteiger partial charge in [0, 0.05) is 29.4 Å². The monoisotopic (exact) mass is 601 g/mol. The van der Waals surface area contributed by atoms with Crippen molar-refractivity contribution in [2.75, 3.05) is 5.32 Å². The third kappa shape index (κ3) is 6.97. The zero-order chi connectivity index (χ0) is 29.0. The molecule has 1 saturated heterocycles. The Hall–Kier alpha value is -3.94. The first kappa shape index (κ1) is 29.1. The second-order valence-electron chi connectivity index (χ2n) is 8.71. The molecule has 13 heteroatoms. The zero-order valence-corrected chi connectivity index (χ0v) is 23.0. The number of rotatable bonds is 10. The van der Waals surface area contributed by atoms with Gasteiger partial charge in [-0.3, -0.25) is 19.3 Å². The summed E-state index contributed by atoms with van der Waals surface area (Å²) >= 11 is 7.79. The van der Waals surface area contributed by atoms with Crippen LogP contribution in [0.5, 0.6) is 0 Å². The first-order valence-electron chi connectivity index (χ1n) is 11.7. The molecule has 206 valence electrons. The molecule has 1 aliphatic heterocycles. The fraction of sp³-hybridized carbons (Fsp3) is 0.148. The lowest BCUT2D eigenvalue weighted by molar-refractivity contribution is -0.126. The van der Waals surface area contributed by atoms with Crippen molar-refractivity contribution in [2.45, 2.75) is 25.3 Å². The van der Waals surface area contributed by atoms with Crippen LogP contribution in [0, 0.1) is 11.6 Å². The smallest absolute Gasteiger partial charge is 0.335 e. The van der Waals surface area contributed by atoms with Gasteiger partial charge >= 0.3 is 5.97 Å². The summed E-state index contributed by atoms with van der Waals surface area (Å²) in [6, 6.07) is 10.1. The Morgan fingerprint density at radius 2 is 1.80 bits per heavy atom. The number of carboxylic acids is 1. The van der Waals surface area contributed by atoms with Gasteiger partial charge in [-0.05, 0) is 71.5 Å². The molecule has 1 fully saturated rings. The minimum atomic E-state index is -1.10. The van der Waals surface area contributed by atoms with E-state index in [0.29, 0.717) is 26.6 Å². The summed E-state index contributed by atoms with van der Waals surface area (Å²) in [7, 11) is 0. The van der Waals surface area contributed by atoms with Crippen molar-refractivity contribution in [3.8, 4) is 11.1 Å². The van der Waals surface area contributed by atoms with Crippen LogP contribution in [0.2, 0.25) is 0 Å². The third-order valence-corrected chi connectivity index (χ3v) is 8.11. The largest absolute Gasteiger partial charge is 0.478 e. The predicted octanol–water partition coefficient (Wildman–Crippen LogP) is 5.26. The molecule has 4 N–H and O–H groups in total. The van der Waals surface area contributed by atoms with Crippen molar-refractivity contribution >= 4 is 75.1 Å². The van der Waals surface area contributed by atoms with Gasteiger partial charge in [0.25, 0.3) is 5.91 Å². The molecule has 3 amide bonds. The lowest BCUT2D eigenvalue weighted by atomic mass is 10.0. The molecule has 1 atom stereocenters. The topological polar surface area (TPSA) is 130 Å². The minimum Gasteiger partial charge on any atom is -0.478 e. The molecule has 3 aromatic rings. The van der Waals surface area contributed by atoms with Crippen molar-refractivity contribution in [3.63, 3.8) is 0 Å². The maximum absolute atomic E-state index is 13.7. The standard InChI is InChI=1S/C27H21F2N3O5S3/c28-20-7-3-15(10-21(20)29)16-9-19(39-13-16)12-22-25(35)32(27(38)40-22)18(6-8-23(30)33)11-24(34)31-17-4-1-14(2-5-17)26(36)37/h1-5,7,9-10,12-13,18H,6,8,11H2,(H2,30,33)(H,31,34)(H,36,37)/t18-/m0/s1. The Morgan fingerprint density at radius 3 is 2.45 bits per heavy atom. The number of thiocarbonyl (C=S) groups is 1. The maximum atomic E-state index is 13.7. The predicted molar refractivity (Wildman–Crippen MR) is 154 cm³/mol. The third-order valence-electron chi connectivity index (χ3n) is 5.90. The van der Waals surface area contributed by atoms with Gasteiger partial charge in [0.2, 0.25) is 11.8 Å².